The zero-order chi connectivity index (χ0) is 27.3. The Labute approximate surface area is 232 Å². The van der Waals surface area contributed by atoms with E-state index < -0.39 is 0 Å². The molecule has 0 nitrogen and oxygen atoms in total. The van der Waals surface area contributed by atoms with E-state index in [0.29, 0.717) is 0 Å². The van der Waals surface area contributed by atoms with E-state index in [1.807, 2.05) is 0 Å². The van der Waals surface area contributed by atoms with Gasteiger partial charge in [-0.3, -0.25) is 0 Å². The average molecular weight is 505 g/mol. The lowest BCUT2D eigenvalue weighted by molar-refractivity contribution is 0.584. The van der Waals surface area contributed by atoms with Crippen molar-refractivity contribution in [2.45, 2.75) is 163 Å². The zero-order valence-electron chi connectivity index (χ0n) is 26.1. The van der Waals surface area contributed by atoms with E-state index in [1.165, 1.54) is 123 Å². The molecule has 0 aliphatic heterocycles. The van der Waals surface area contributed by atoms with Crippen LogP contribution in [0.3, 0.4) is 0 Å². The molecule has 0 saturated heterocycles. The molecule has 0 fully saturated rings. The van der Waals surface area contributed by atoms with Gasteiger partial charge in [0.15, 0.2) is 0 Å². The summed E-state index contributed by atoms with van der Waals surface area (Å²) < 4.78 is 0. The highest BCUT2D eigenvalue weighted by Gasteiger charge is 2.18. The smallest absolute Gasteiger partial charge is 0.00254 e. The SMILES string of the molecule is CCCCCCCCc1cc(Cc2cc(CCCCCCCC)cc(C(C)(C)C)c2)cc(C(C)(C)C)c1. The van der Waals surface area contributed by atoms with Crippen molar-refractivity contribution >= 4 is 0 Å². The third-order valence-corrected chi connectivity index (χ3v) is 7.88. The fraction of sp³-hybridized carbons (Fsp3) is 0.676. The Hall–Kier alpha value is -1.56. The molecule has 0 heterocycles. The normalized spacial score (nSPS) is 12.3. The van der Waals surface area contributed by atoms with Gasteiger partial charge in [0.25, 0.3) is 0 Å². The van der Waals surface area contributed by atoms with Crippen LogP contribution in [0, 0.1) is 0 Å². The Morgan fingerprint density at radius 2 is 0.730 bits per heavy atom. The van der Waals surface area contributed by atoms with Crippen LogP contribution in [0.1, 0.15) is 166 Å². The minimum Gasteiger partial charge on any atom is -0.0654 e. The molecule has 2 rings (SSSR count). The maximum Gasteiger partial charge on any atom is -0.00254 e. The average Bonchev–Trinajstić information content (AvgIpc) is 2.82. The molecule has 0 aliphatic carbocycles. The van der Waals surface area contributed by atoms with Crippen LogP contribution in [0.5, 0.6) is 0 Å². The molecule has 0 aromatic heterocycles. The van der Waals surface area contributed by atoms with Crippen molar-refractivity contribution in [1.29, 1.82) is 0 Å². The zero-order valence-corrected chi connectivity index (χ0v) is 26.1. The number of benzene rings is 2. The fourth-order valence-corrected chi connectivity index (χ4v) is 5.34. The van der Waals surface area contributed by atoms with Crippen molar-refractivity contribution in [2.75, 3.05) is 0 Å². The van der Waals surface area contributed by atoms with Gasteiger partial charge in [0.1, 0.15) is 0 Å². The minimum atomic E-state index is 0.183. The van der Waals surface area contributed by atoms with Gasteiger partial charge in [-0.15, -0.1) is 0 Å². The van der Waals surface area contributed by atoms with Gasteiger partial charge in [0, 0.05) is 0 Å². The van der Waals surface area contributed by atoms with Crippen molar-refractivity contribution in [1.82, 2.24) is 0 Å². The second-order valence-electron chi connectivity index (χ2n) is 13.8. The second-order valence-corrected chi connectivity index (χ2v) is 13.8. The van der Waals surface area contributed by atoms with Crippen LogP contribution < -0.4 is 0 Å². The van der Waals surface area contributed by atoms with E-state index in [-0.39, 0.29) is 10.8 Å². The summed E-state index contributed by atoms with van der Waals surface area (Å²) in [6, 6.07) is 15.0. The summed E-state index contributed by atoms with van der Waals surface area (Å²) in [4.78, 5) is 0. The van der Waals surface area contributed by atoms with Gasteiger partial charge in [-0.2, -0.15) is 0 Å². The summed E-state index contributed by atoms with van der Waals surface area (Å²) in [5.74, 6) is 0. The first kappa shape index (κ1) is 31.7. The van der Waals surface area contributed by atoms with Crippen molar-refractivity contribution in [2.24, 2.45) is 0 Å². The van der Waals surface area contributed by atoms with Crippen molar-refractivity contribution < 1.29 is 0 Å². The highest BCUT2D eigenvalue weighted by Crippen LogP contribution is 2.29. The summed E-state index contributed by atoms with van der Waals surface area (Å²) in [7, 11) is 0. The Morgan fingerprint density at radius 3 is 1.08 bits per heavy atom. The molecule has 0 aliphatic rings. The lowest BCUT2D eigenvalue weighted by atomic mass is 9.82. The van der Waals surface area contributed by atoms with Crippen molar-refractivity contribution in [3.63, 3.8) is 0 Å². The maximum atomic E-state index is 2.51. The Morgan fingerprint density at radius 1 is 0.405 bits per heavy atom. The van der Waals surface area contributed by atoms with E-state index in [1.54, 1.807) is 0 Å². The van der Waals surface area contributed by atoms with Crippen LogP contribution in [-0.4, -0.2) is 0 Å². The van der Waals surface area contributed by atoms with E-state index in [2.05, 4.69) is 91.8 Å². The molecule has 0 atom stereocenters. The van der Waals surface area contributed by atoms with E-state index in [4.69, 9.17) is 0 Å². The van der Waals surface area contributed by atoms with Crippen molar-refractivity contribution in [3.05, 3.63) is 69.8 Å². The fourth-order valence-electron chi connectivity index (χ4n) is 5.34. The number of hydrogen-bond acceptors (Lipinski definition) is 0. The predicted molar refractivity (Wildman–Crippen MR) is 167 cm³/mol. The number of hydrogen-bond donors (Lipinski definition) is 0. The highest BCUT2D eigenvalue weighted by atomic mass is 14.2. The van der Waals surface area contributed by atoms with E-state index in [0.717, 1.165) is 6.42 Å². The molecule has 0 unspecified atom stereocenters. The summed E-state index contributed by atoms with van der Waals surface area (Å²) in [6.07, 6.45) is 19.8. The first-order valence-electron chi connectivity index (χ1n) is 15.8. The van der Waals surface area contributed by atoms with Gasteiger partial charge in [-0.1, -0.05) is 156 Å². The number of rotatable bonds is 16. The predicted octanol–water partition coefficient (Wildman–Crippen LogP) is 11.7. The van der Waals surface area contributed by atoms with E-state index in [9.17, 15) is 0 Å². The van der Waals surface area contributed by atoms with Crippen LogP contribution in [0.25, 0.3) is 0 Å². The van der Waals surface area contributed by atoms with Gasteiger partial charge >= 0.3 is 0 Å². The molecule has 2 aromatic carbocycles. The number of unbranched alkanes of at least 4 members (excludes halogenated alkanes) is 10. The Kier molecular flexibility index (Phi) is 13.5. The molecule has 0 spiro atoms. The van der Waals surface area contributed by atoms with E-state index >= 15 is 0 Å². The third-order valence-electron chi connectivity index (χ3n) is 7.88. The van der Waals surface area contributed by atoms with Crippen LogP contribution in [0.4, 0.5) is 0 Å². The molecule has 0 N–H and O–H groups in total. The summed E-state index contributed by atoms with van der Waals surface area (Å²) in [6.45, 7) is 18.8. The van der Waals surface area contributed by atoms with Gasteiger partial charge in [-0.25, -0.2) is 0 Å². The molecule has 0 amide bonds. The first-order valence-corrected chi connectivity index (χ1v) is 15.8. The molecule has 37 heavy (non-hydrogen) atoms. The molecule has 0 bridgehead atoms. The van der Waals surface area contributed by atoms with Crippen LogP contribution in [0.2, 0.25) is 0 Å². The monoisotopic (exact) mass is 504 g/mol. The first-order chi connectivity index (χ1) is 17.5. The van der Waals surface area contributed by atoms with Gasteiger partial charge < -0.3 is 0 Å². The van der Waals surface area contributed by atoms with Crippen molar-refractivity contribution in [3.8, 4) is 0 Å². The molecular formula is C37H60. The molecule has 0 heteroatoms. The standard InChI is InChI=1S/C37H60/c1-9-11-13-15-17-19-21-30-23-32(28-34(26-30)36(3,4)5)25-33-24-31(22-20-18-16-14-12-10-2)27-35(29-33)37(6,7)8/h23-24,26-29H,9-22,25H2,1-8H3. The van der Waals surface area contributed by atoms with Gasteiger partial charge in [0.2, 0.25) is 0 Å². The van der Waals surface area contributed by atoms with Gasteiger partial charge in [0.05, 0.1) is 0 Å². The van der Waals surface area contributed by atoms with Crippen LogP contribution in [-0.2, 0) is 30.1 Å². The minimum absolute atomic E-state index is 0.183. The second kappa shape index (κ2) is 15.8. The molecule has 0 saturated carbocycles. The highest BCUT2D eigenvalue weighted by molar-refractivity contribution is 5.40. The number of aryl methyl sites for hydroxylation is 2. The quantitative estimate of drug-likeness (QED) is 0.199. The largest absolute Gasteiger partial charge is 0.0654 e. The molecule has 2 aromatic rings. The van der Waals surface area contributed by atoms with Gasteiger partial charge in [-0.05, 0) is 76.3 Å². The van der Waals surface area contributed by atoms with Crippen LogP contribution >= 0.6 is 0 Å². The summed E-state index contributed by atoms with van der Waals surface area (Å²) in [5, 5.41) is 0. The molecule has 208 valence electrons. The topological polar surface area (TPSA) is 0 Å². The summed E-state index contributed by atoms with van der Waals surface area (Å²) >= 11 is 0. The molecular weight excluding hydrogens is 444 g/mol. The summed E-state index contributed by atoms with van der Waals surface area (Å²) in [5.41, 5.74) is 9.41. The molecule has 0 radical (unpaired) electrons. The Balaban J connectivity index is 2.20. The Bertz CT molecular complexity index is 827. The maximum absolute atomic E-state index is 2.51. The lowest BCUT2D eigenvalue weighted by Crippen LogP contribution is -2.13. The third kappa shape index (κ3) is 12.2. The van der Waals surface area contributed by atoms with Crippen LogP contribution in [0.15, 0.2) is 36.4 Å². The lowest BCUT2D eigenvalue weighted by Gasteiger charge is -2.23.